The van der Waals surface area contributed by atoms with Gasteiger partial charge in [-0.25, -0.2) is 9.97 Å². The Hall–Kier alpha value is -0.290. The molecule has 0 spiro atoms. The summed E-state index contributed by atoms with van der Waals surface area (Å²) in [6.45, 7) is 7.23. The molecule has 0 aliphatic rings. The molecule has 90 valence electrons. The standard InChI is InChI=1S/C11H18BrN3S/c1-4-6-13-11-10(12)8(3)14-9(15-11)7-16-5-2/h4-7H2,1-3H3,(H,13,14,15). The fourth-order valence-electron chi connectivity index (χ4n) is 1.24. The number of hydrogen-bond acceptors (Lipinski definition) is 4. The van der Waals surface area contributed by atoms with Gasteiger partial charge in [-0.3, -0.25) is 0 Å². The van der Waals surface area contributed by atoms with E-state index in [0.29, 0.717) is 0 Å². The third-order valence-electron chi connectivity index (χ3n) is 2.04. The normalized spacial score (nSPS) is 10.5. The SMILES string of the molecule is CCCNc1nc(CSCC)nc(C)c1Br. The predicted molar refractivity (Wildman–Crippen MR) is 75.1 cm³/mol. The smallest absolute Gasteiger partial charge is 0.144 e. The highest BCUT2D eigenvalue weighted by atomic mass is 79.9. The van der Waals surface area contributed by atoms with Crippen molar-refractivity contribution in [3.8, 4) is 0 Å². The largest absolute Gasteiger partial charge is 0.369 e. The van der Waals surface area contributed by atoms with Gasteiger partial charge in [0.2, 0.25) is 0 Å². The summed E-state index contributed by atoms with van der Waals surface area (Å²) in [5, 5.41) is 3.31. The Morgan fingerprint density at radius 3 is 2.69 bits per heavy atom. The fraction of sp³-hybridized carbons (Fsp3) is 0.636. The van der Waals surface area contributed by atoms with E-state index in [4.69, 9.17) is 0 Å². The summed E-state index contributed by atoms with van der Waals surface area (Å²) in [5.41, 5.74) is 1.00. The molecule has 0 saturated carbocycles. The summed E-state index contributed by atoms with van der Waals surface area (Å²) >= 11 is 5.36. The molecule has 0 radical (unpaired) electrons. The third kappa shape index (κ3) is 3.94. The summed E-state index contributed by atoms with van der Waals surface area (Å²) < 4.78 is 0.978. The van der Waals surface area contributed by atoms with Gasteiger partial charge >= 0.3 is 0 Å². The monoisotopic (exact) mass is 303 g/mol. The highest BCUT2D eigenvalue weighted by molar-refractivity contribution is 9.10. The van der Waals surface area contributed by atoms with E-state index in [9.17, 15) is 0 Å². The van der Waals surface area contributed by atoms with E-state index in [1.165, 1.54) is 0 Å². The maximum Gasteiger partial charge on any atom is 0.144 e. The van der Waals surface area contributed by atoms with Crippen molar-refractivity contribution in [3.63, 3.8) is 0 Å². The summed E-state index contributed by atoms with van der Waals surface area (Å²) in [5.74, 6) is 3.80. The highest BCUT2D eigenvalue weighted by Crippen LogP contribution is 2.24. The highest BCUT2D eigenvalue weighted by Gasteiger charge is 2.08. The molecule has 0 unspecified atom stereocenters. The Labute approximate surface area is 110 Å². The first kappa shape index (κ1) is 13.8. The number of hydrogen-bond donors (Lipinski definition) is 1. The van der Waals surface area contributed by atoms with E-state index in [1.54, 1.807) is 0 Å². The summed E-state index contributed by atoms with van der Waals surface area (Å²) in [6.07, 6.45) is 1.09. The summed E-state index contributed by atoms with van der Waals surface area (Å²) in [6, 6.07) is 0. The van der Waals surface area contributed by atoms with Gasteiger partial charge in [0.25, 0.3) is 0 Å². The van der Waals surface area contributed by atoms with Crippen molar-refractivity contribution >= 4 is 33.5 Å². The van der Waals surface area contributed by atoms with Gasteiger partial charge in [0.1, 0.15) is 11.6 Å². The lowest BCUT2D eigenvalue weighted by Crippen LogP contribution is -2.07. The lowest BCUT2D eigenvalue weighted by Gasteiger charge is -2.10. The van der Waals surface area contributed by atoms with Gasteiger partial charge in [0.05, 0.1) is 15.9 Å². The summed E-state index contributed by atoms with van der Waals surface area (Å²) in [7, 11) is 0. The number of aryl methyl sites for hydroxylation is 1. The second kappa shape index (κ2) is 7.12. The second-order valence-electron chi connectivity index (χ2n) is 3.45. The first-order chi connectivity index (χ1) is 7.69. The van der Waals surface area contributed by atoms with Crippen LogP contribution in [0.25, 0.3) is 0 Å². The minimum Gasteiger partial charge on any atom is -0.369 e. The van der Waals surface area contributed by atoms with Gasteiger partial charge in [-0.2, -0.15) is 11.8 Å². The van der Waals surface area contributed by atoms with E-state index in [0.717, 1.165) is 46.3 Å². The maximum atomic E-state index is 4.52. The van der Waals surface area contributed by atoms with Crippen LogP contribution in [0.5, 0.6) is 0 Å². The zero-order valence-corrected chi connectivity index (χ0v) is 12.4. The van der Waals surface area contributed by atoms with Crippen molar-refractivity contribution in [1.29, 1.82) is 0 Å². The van der Waals surface area contributed by atoms with Crippen LogP contribution in [0.15, 0.2) is 4.47 Å². The first-order valence-corrected chi connectivity index (χ1v) is 7.48. The molecule has 5 heteroatoms. The maximum absolute atomic E-state index is 4.52. The zero-order chi connectivity index (χ0) is 12.0. The molecule has 0 fully saturated rings. The van der Waals surface area contributed by atoms with Crippen molar-refractivity contribution in [2.75, 3.05) is 17.6 Å². The number of nitrogens with one attached hydrogen (secondary N) is 1. The molecule has 1 rings (SSSR count). The molecule has 16 heavy (non-hydrogen) atoms. The molecule has 1 aromatic heterocycles. The lowest BCUT2D eigenvalue weighted by molar-refractivity contribution is 0.934. The zero-order valence-electron chi connectivity index (χ0n) is 10.0. The third-order valence-corrected chi connectivity index (χ3v) is 3.86. The molecule has 3 nitrogen and oxygen atoms in total. The van der Waals surface area contributed by atoms with E-state index in [1.807, 2.05) is 18.7 Å². The molecule has 1 N–H and O–H groups in total. The molecular weight excluding hydrogens is 286 g/mol. The molecule has 0 bridgehead atoms. The predicted octanol–water partition coefficient (Wildman–Crippen LogP) is 3.62. The van der Waals surface area contributed by atoms with Crippen LogP contribution >= 0.6 is 27.7 Å². The molecule has 0 atom stereocenters. The fourth-order valence-corrected chi connectivity index (χ4v) is 2.07. The molecule has 1 heterocycles. The average Bonchev–Trinajstić information content (AvgIpc) is 2.28. The molecule has 0 amide bonds. The Morgan fingerprint density at radius 2 is 2.06 bits per heavy atom. The number of aromatic nitrogens is 2. The topological polar surface area (TPSA) is 37.8 Å². The number of thioether (sulfide) groups is 1. The van der Waals surface area contributed by atoms with Crippen LogP contribution in [-0.4, -0.2) is 22.3 Å². The Balaban J connectivity index is 2.83. The van der Waals surface area contributed by atoms with Crippen LogP contribution < -0.4 is 5.32 Å². The van der Waals surface area contributed by atoms with Gasteiger partial charge in [-0.15, -0.1) is 0 Å². The van der Waals surface area contributed by atoms with E-state index >= 15 is 0 Å². The molecular formula is C11H18BrN3S. The van der Waals surface area contributed by atoms with E-state index in [2.05, 4.69) is 45.1 Å². The second-order valence-corrected chi connectivity index (χ2v) is 5.52. The minimum atomic E-state index is 0.880. The van der Waals surface area contributed by atoms with Crippen molar-refractivity contribution in [2.24, 2.45) is 0 Å². The van der Waals surface area contributed by atoms with E-state index < -0.39 is 0 Å². The number of anilines is 1. The lowest BCUT2D eigenvalue weighted by atomic mass is 10.4. The number of nitrogens with zero attached hydrogens (tertiary/aromatic N) is 2. The minimum absolute atomic E-state index is 0.880. The van der Waals surface area contributed by atoms with Gasteiger partial charge in [-0.1, -0.05) is 13.8 Å². The van der Waals surface area contributed by atoms with Crippen LogP contribution in [0, 0.1) is 6.92 Å². The molecule has 0 saturated heterocycles. The Morgan fingerprint density at radius 1 is 1.31 bits per heavy atom. The van der Waals surface area contributed by atoms with Crippen LogP contribution in [0.4, 0.5) is 5.82 Å². The molecule has 0 aromatic carbocycles. The van der Waals surface area contributed by atoms with Crippen LogP contribution in [-0.2, 0) is 5.75 Å². The molecule has 0 aliphatic heterocycles. The van der Waals surface area contributed by atoms with Crippen molar-refractivity contribution in [3.05, 3.63) is 16.0 Å². The van der Waals surface area contributed by atoms with Gasteiger partial charge in [0, 0.05) is 6.54 Å². The van der Waals surface area contributed by atoms with Crippen LogP contribution in [0.2, 0.25) is 0 Å². The Kier molecular flexibility index (Phi) is 6.13. The van der Waals surface area contributed by atoms with Crippen molar-refractivity contribution in [1.82, 2.24) is 9.97 Å². The van der Waals surface area contributed by atoms with Crippen LogP contribution in [0.1, 0.15) is 31.8 Å². The molecule has 1 aromatic rings. The van der Waals surface area contributed by atoms with Crippen molar-refractivity contribution < 1.29 is 0 Å². The quantitative estimate of drug-likeness (QED) is 0.871. The van der Waals surface area contributed by atoms with Gasteiger partial charge < -0.3 is 5.32 Å². The average molecular weight is 304 g/mol. The van der Waals surface area contributed by atoms with Gasteiger partial charge in [-0.05, 0) is 35.0 Å². The number of rotatable bonds is 6. The van der Waals surface area contributed by atoms with Crippen molar-refractivity contribution in [2.45, 2.75) is 32.9 Å². The van der Waals surface area contributed by atoms with Crippen LogP contribution in [0.3, 0.4) is 0 Å². The van der Waals surface area contributed by atoms with E-state index in [-0.39, 0.29) is 0 Å². The first-order valence-electron chi connectivity index (χ1n) is 5.53. The summed E-state index contributed by atoms with van der Waals surface area (Å²) in [4.78, 5) is 8.98. The van der Waals surface area contributed by atoms with Gasteiger partial charge in [0.15, 0.2) is 0 Å². The molecule has 0 aliphatic carbocycles. The number of halogens is 1. The Bertz CT molecular complexity index is 344.